The summed E-state index contributed by atoms with van der Waals surface area (Å²) in [5.74, 6) is -0.677. The lowest BCUT2D eigenvalue weighted by Gasteiger charge is -2.24. The van der Waals surface area contributed by atoms with Gasteiger partial charge in [-0.25, -0.2) is 12.8 Å². The Labute approximate surface area is 134 Å². The van der Waals surface area contributed by atoms with Crippen molar-refractivity contribution in [3.63, 3.8) is 0 Å². The Morgan fingerprint density at radius 3 is 2.86 bits per heavy atom. The Morgan fingerprint density at radius 2 is 2.27 bits per heavy atom. The van der Waals surface area contributed by atoms with Gasteiger partial charge in [0.1, 0.15) is 5.82 Å². The van der Waals surface area contributed by atoms with E-state index in [1.165, 1.54) is 10.4 Å². The summed E-state index contributed by atoms with van der Waals surface area (Å²) in [6, 6.07) is 5.21. The van der Waals surface area contributed by atoms with Crippen LogP contribution in [0.3, 0.4) is 0 Å². The second kappa shape index (κ2) is 7.38. The van der Waals surface area contributed by atoms with E-state index in [1.807, 2.05) is 6.07 Å². The van der Waals surface area contributed by atoms with Gasteiger partial charge in [0.2, 0.25) is 10.0 Å². The van der Waals surface area contributed by atoms with Crippen molar-refractivity contribution in [2.24, 2.45) is 0 Å². The van der Waals surface area contributed by atoms with Gasteiger partial charge in [-0.1, -0.05) is 11.6 Å². The normalized spacial score (nSPS) is 18.5. The van der Waals surface area contributed by atoms with Gasteiger partial charge in [0.25, 0.3) is 0 Å². The van der Waals surface area contributed by atoms with Gasteiger partial charge in [0.15, 0.2) is 0 Å². The van der Waals surface area contributed by atoms with Crippen LogP contribution in [-0.2, 0) is 14.8 Å². The molecule has 5 nitrogen and oxygen atoms in total. The number of ether oxygens (including phenoxy) is 1. The van der Waals surface area contributed by atoms with Crippen LogP contribution in [0.4, 0.5) is 4.39 Å². The molecule has 1 atom stereocenters. The summed E-state index contributed by atoms with van der Waals surface area (Å²) >= 11 is 5.66. The van der Waals surface area contributed by atoms with Gasteiger partial charge >= 0.3 is 0 Å². The van der Waals surface area contributed by atoms with E-state index in [0.717, 1.165) is 25.0 Å². The number of hydrogen-bond donors (Lipinski definition) is 0. The maximum absolute atomic E-state index is 13.2. The molecule has 1 unspecified atom stereocenters. The van der Waals surface area contributed by atoms with Crippen LogP contribution in [0.15, 0.2) is 23.1 Å². The van der Waals surface area contributed by atoms with Crippen molar-refractivity contribution in [3.05, 3.63) is 29.0 Å². The van der Waals surface area contributed by atoms with Gasteiger partial charge in [0.05, 0.1) is 22.1 Å². The molecule has 0 N–H and O–H groups in total. The highest BCUT2D eigenvalue weighted by Crippen LogP contribution is 2.24. The number of halogens is 2. The van der Waals surface area contributed by atoms with E-state index in [1.54, 1.807) is 0 Å². The molecule has 1 heterocycles. The Bertz CT molecular complexity index is 669. The predicted octanol–water partition coefficient (Wildman–Crippen LogP) is 2.56. The Balaban J connectivity index is 2.26. The largest absolute Gasteiger partial charge is 0.377 e. The predicted molar refractivity (Wildman–Crippen MR) is 79.4 cm³/mol. The van der Waals surface area contributed by atoms with Crippen LogP contribution in [0, 0.1) is 17.1 Å². The molecule has 0 aromatic heterocycles. The van der Waals surface area contributed by atoms with E-state index in [2.05, 4.69) is 0 Å². The highest BCUT2D eigenvalue weighted by atomic mass is 35.5. The van der Waals surface area contributed by atoms with Crippen molar-refractivity contribution in [2.45, 2.75) is 30.3 Å². The summed E-state index contributed by atoms with van der Waals surface area (Å²) in [5, 5.41) is 8.47. The number of benzene rings is 1. The molecule has 1 aliphatic rings. The number of nitrogens with zero attached hydrogens (tertiary/aromatic N) is 2. The van der Waals surface area contributed by atoms with Crippen LogP contribution in [-0.4, -0.2) is 38.5 Å². The SMILES string of the molecule is N#CCCN(CC1CCCO1)S(=O)(=O)c1ccc(F)c(Cl)c1. The number of nitriles is 1. The van der Waals surface area contributed by atoms with E-state index < -0.39 is 15.8 Å². The molecule has 0 spiro atoms. The first-order valence-electron chi connectivity index (χ1n) is 6.89. The molecule has 120 valence electrons. The molecule has 1 aromatic carbocycles. The molecule has 1 aliphatic heterocycles. The van der Waals surface area contributed by atoms with Crippen molar-refractivity contribution in [2.75, 3.05) is 19.7 Å². The second-order valence-electron chi connectivity index (χ2n) is 4.98. The zero-order valence-electron chi connectivity index (χ0n) is 11.8. The highest BCUT2D eigenvalue weighted by molar-refractivity contribution is 7.89. The molecule has 0 bridgehead atoms. The summed E-state index contributed by atoms with van der Waals surface area (Å²) in [4.78, 5) is -0.0881. The Kier molecular flexibility index (Phi) is 5.75. The Hall–Kier alpha value is -1.20. The minimum atomic E-state index is -3.85. The first-order chi connectivity index (χ1) is 10.4. The summed E-state index contributed by atoms with van der Waals surface area (Å²) < 4.78 is 45.2. The lowest BCUT2D eigenvalue weighted by atomic mass is 10.2. The van der Waals surface area contributed by atoms with Crippen molar-refractivity contribution >= 4 is 21.6 Å². The van der Waals surface area contributed by atoms with Gasteiger partial charge in [-0.15, -0.1) is 0 Å². The third kappa shape index (κ3) is 3.96. The van der Waals surface area contributed by atoms with Gasteiger partial charge in [-0.2, -0.15) is 9.57 Å². The average molecular weight is 347 g/mol. The highest BCUT2D eigenvalue weighted by Gasteiger charge is 2.29. The van der Waals surface area contributed by atoms with Crippen molar-refractivity contribution in [1.29, 1.82) is 5.26 Å². The van der Waals surface area contributed by atoms with Gasteiger partial charge in [-0.05, 0) is 31.0 Å². The first kappa shape index (κ1) is 17.2. The lowest BCUT2D eigenvalue weighted by Crippen LogP contribution is -2.38. The molecule has 22 heavy (non-hydrogen) atoms. The summed E-state index contributed by atoms with van der Waals surface area (Å²) in [6.07, 6.45) is 1.56. The fourth-order valence-corrected chi connectivity index (χ4v) is 4.03. The fraction of sp³-hybridized carbons (Fsp3) is 0.500. The molecule has 1 saturated heterocycles. The minimum Gasteiger partial charge on any atom is -0.377 e. The third-order valence-corrected chi connectivity index (χ3v) is 5.58. The van der Waals surface area contributed by atoms with Crippen LogP contribution >= 0.6 is 11.6 Å². The van der Waals surface area contributed by atoms with Gasteiger partial charge < -0.3 is 4.74 Å². The topological polar surface area (TPSA) is 70.4 Å². The fourth-order valence-electron chi connectivity index (χ4n) is 2.29. The zero-order chi connectivity index (χ0) is 16.2. The van der Waals surface area contributed by atoms with Crippen molar-refractivity contribution < 1.29 is 17.5 Å². The van der Waals surface area contributed by atoms with E-state index in [-0.39, 0.29) is 35.5 Å². The molecule has 1 fully saturated rings. The van der Waals surface area contributed by atoms with Crippen LogP contribution in [0.1, 0.15) is 19.3 Å². The standard InChI is InChI=1S/C14H16ClFN2O3S/c15-13-9-12(4-5-14(13)16)22(19,20)18(7-2-6-17)10-11-3-1-8-21-11/h4-5,9,11H,1-3,7-8,10H2. The van der Waals surface area contributed by atoms with E-state index in [0.29, 0.717) is 6.61 Å². The summed E-state index contributed by atoms with van der Waals surface area (Å²) in [6.45, 7) is 0.853. The smallest absolute Gasteiger partial charge is 0.243 e. The third-order valence-electron chi connectivity index (χ3n) is 3.43. The van der Waals surface area contributed by atoms with Gasteiger partial charge in [0, 0.05) is 26.1 Å². The molecule has 0 radical (unpaired) electrons. The molecular weight excluding hydrogens is 331 g/mol. The average Bonchev–Trinajstić information content (AvgIpc) is 2.99. The Morgan fingerprint density at radius 1 is 1.50 bits per heavy atom. The van der Waals surface area contributed by atoms with E-state index in [4.69, 9.17) is 21.6 Å². The van der Waals surface area contributed by atoms with Gasteiger partial charge in [-0.3, -0.25) is 0 Å². The molecule has 0 amide bonds. The van der Waals surface area contributed by atoms with Crippen molar-refractivity contribution in [1.82, 2.24) is 4.31 Å². The van der Waals surface area contributed by atoms with Crippen LogP contribution in [0.2, 0.25) is 5.02 Å². The van der Waals surface area contributed by atoms with E-state index >= 15 is 0 Å². The van der Waals surface area contributed by atoms with Crippen LogP contribution in [0.25, 0.3) is 0 Å². The number of hydrogen-bond acceptors (Lipinski definition) is 4. The molecule has 0 aliphatic carbocycles. The quantitative estimate of drug-likeness (QED) is 0.793. The molecule has 2 rings (SSSR count). The van der Waals surface area contributed by atoms with Crippen LogP contribution in [0.5, 0.6) is 0 Å². The van der Waals surface area contributed by atoms with Crippen LogP contribution < -0.4 is 0 Å². The lowest BCUT2D eigenvalue weighted by molar-refractivity contribution is 0.0941. The summed E-state index contributed by atoms with van der Waals surface area (Å²) in [7, 11) is -3.85. The maximum atomic E-state index is 13.2. The monoisotopic (exact) mass is 346 g/mol. The van der Waals surface area contributed by atoms with Crippen molar-refractivity contribution in [3.8, 4) is 6.07 Å². The second-order valence-corrected chi connectivity index (χ2v) is 7.33. The minimum absolute atomic E-state index is 0.0632. The molecule has 8 heteroatoms. The molecule has 0 saturated carbocycles. The first-order valence-corrected chi connectivity index (χ1v) is 8.70. The maximum Gasteiger partial charge on any atom is 0.243 e. The number of rotatable bonds is 6. The molecule has 1 aromatic rings. The molecular formula is C14H16ClFN2O3S. The zero-order valence-corrected chi connectivity index (χ0v) is 13.4. The number of sulfonamides is 1. The van der Waals surface area contributed by atoms with E-state index in [9.17, 15) is 12.8 Å². The summed E-state index contributed by atoms with van der Waals surface area (Å²) in [5.41, 5.74) is 0.